The van der Waals surface area contributed by atoms with Gasteiger partial charge in [0.15, 0.2) is 5.82 Å². The van der Waals surface area contributed by atoms with Gasteiger partial charge >= 0.3 is 0 Å². The number of nitrogens with zero attached hydrogens (tertiary/aromatic N) is 3. The van der Waals surface area contributed by atoms with Gasteiger partial charge in [-0.05, 0) is 15.9 Å². The number of aromatic nitrogens is 3. The molecule has 0 aliphatic carbocycles. The number of nitrogen functional groups attached to an aromatic ring is 1. The molecule has 14 heavy (non-hydrogen) atoms. The smallest absolute Gasteiger partial charge is 0.246 e. The van der Waals surface area contributed by atoms with Crippen LogP contribution in [0.5, 0.6) is 0 Å². The second-order valence-electron chi connectivity index (χ2n) is 2.37. The van der Waals surface area contributed by atoms with Crippen LogP contribution in [-0.4, -0.2) is 15.0 Å². The third kappa shape index (κ3) is 1.47. The second-order valence-corrected chi connectivity index (χ2v) is 3.16. The van der Waals surface area contributed by atoms with E-state index in [1.807, 2.05) is 0 Å². The van der Waals surface area contributed by atoms with Crippen LogP contribution in [0.15, 0.2) is 27.7 Å². The van der Waals surface area contributed by atoms with E-state index in [2.05, 4.69) is 36.3 Å². The first-order chi connectivity index (χ1) is 6.83. The molecule has 0 aliphatic rings. The van der Waals surface area contributed by atoms with E-state index in [0.29, 0.717) is 21.9 Å². The molecule has 0 unspecified atom stereocenters. The molecule has 2 heterocycles. The number of halogens is 1. The Morgan fingerprint density at radius 3 is 2.86 bits per heavy atom. The minimum atomic E-state index is 0.413. The lowest BCUT2D eigenvalue weighted by Gasteiger charge is -2.03. The maximum absolute atomic E-state index is 5.25. The first-order valence-corrected chi connectivity index (χ1v) is 4.49. The summed E-state index contributed by atoms with van der Waals surface area (Å²) in [6.45, 7) is 0. The van der Waals surface area contributed by atoms with Gasteiger partial charge in [-0.2, -0.15) is 0 Å². The van der Waals surface area contributed by atoms with Crippen molar-refractivity contribution in [2.75, 3.05) is 5.43 Å². The number of rotatable bonds is 2. The monoisotopic (exact) mass is 255 g/mol. The zero-order valence-corrected chi connectivity index (χ0v) is 8.52. The number of nitrogens with two attached hydrogens (primary N) is 1. The van der Waals surface area contributed by atoms with Gasteiger partial charge in [-0.25, -0.2) is 20.8 Å². The van der Waals surface area contributed by atoms with E-state index in [0.717, 1.165) is 0 Å². The van der Waals surface area contributed by atoms with Gasteiger partial charge in [0.05, 0.1) is 10.7 Å². The molecule has 0 bridgehead atoms. The first kappa shape index (κ1) is 9.10. The highest BCUT2D eigenvalue weighted by atomic mass is 79.9. The molecule has 0 radical (unpaired) electrons. The van der Waals surface area contributed by atoms with Crippen LogP contribution in [-0.2, 0) is 0 Å². The Morgan fingerprint density at radius 1 is 1.36 bits per heavy atom. The SMILES string of the molecule is NNc1ncnc(-c2ncco2)c1Br. The highest BCUT2D eigenvalue weighted by Gasteiger charge is 2.12. The molecule has 0 aromatic carbocycles. The maximum atomic E-state index is 5.25. The van der Waals surface area contributed by atoms with Gasteiger partial charge in [0, 0.05) is 0 Å². The van der Waals surface area contributed by atoms with Crippen molar-refractivity contribution in [2.24, 2.45) is 5.84 Å². The summed E-state index contributed by atoms with van der Waals surface area (Å²) in [7, 11) is 0. The first-order valence-electron chi connectivity index (χ1n) is 3.70. The van der Waals surface area contributed by atoms with Gasteiger partial charge in [0.25, 0.3) is 0 Å². The number of hydrogen-bond donors (Lipinski definition) is 2. The fourth-order valence-corrected chi connectivity index (χ4v) is 1.45. The Balaban J connectivity index is 2.54. The number of oxazole rings is 1. The zero-order valence-electron chi connectivity index (χ0n) is 6.94. The quantitative estimate of drug-likeness (QED) is 0.619. The maximum Gasteiger partial charge on any atom is 0.246 e. The van der Waals surface area contributed by atoms with Gasteiger partial charge in [0.2, 0.25) is 5.89 Å². The molecule has 72 valence electrons. The highest BCUT2D eigenvalue weighted by molar-refractivity contribution is 9.10. The Hall–Kier alpha value is -1.47. The van der Waals surface area contributed by atoms with Gasteiger partial charge in [-0.15, -0.1) is 0 Å². The zero-order chi connectivity index (χ0) is 9.97. The second kappa shape index (κ2) is 3.72. The molecule has 2 aromatic heterocycles. The number of nitrogens with one attached hydrogen (secondary N) is 1. The van der Waals surface area contributed by atoms with E-state index in [1.54, 1.807) is 6.20 Å². The van der Waals surface area contributed by atoms with Crippen LogP contribution in [0.25, 0.3) is 11.6 Å². The molecule has 0 atom stereocenters. The van der Waals surface area contributed by atoms with Gasteiger partial charge < -0.3 is 9.84 Å². The van der Waals surface area contributed by atoms with Crippen LogP contribution in [0.2, 0.25) is 0 Å². The molecule has 0 saturated carbocycles. The minimum Gasteiger partial charge on any atom is -0.443 e. The average Bonchev–Trinajstić information content (AvgIpc) is 2.71. The summed E-state index contributed by atoms with van der Waals surface area (Å²) in [5.74, 6) is 6.14. The highest BCUT2D eigenvalue weighted by Crippen LogP contribution is 2.28. The Kier molecular flexibility index (Phi) is 2.42. The summed E-state index contributed by atoms with van der Waals surface area (Å²) >= 11 is 3.30. The van der Waals surface area contributed by atoms with E-state index in [1.165, 1.54) is 12.6 Å². The standard InChI is InChI=1S/C7H6BrN5O/c8-4-5(7-10-1-2-14-7)11-3-12-6(4)13-9/h1-3H,9H2,(H,11,12,13). The van der Waals surface area contributed by atoms with Gasteiger partial charge in [0.1, 0.15) is 18.3 Å². The lowest BCUT2D eigenvalue weighted by atomic mass is 10.4. The van der Waals surface area contributed by atoms with Crippen molar-refractivity contribution in [3.05, 3.63) is 23.3 Å². The van der Waals surface area contributed by atoms with Gasteiger partial charge in [-0.1, -0.05) is 0 Å². The molecular weight excluding hydrogens is 250 g/mol. The molecule has 3 N–H and O–H groups in total. The van der Waals surface area contributed by atoms with Gasteiger partial charge in [-0.3, -0.25) is 0 Å². The molecule has 0 amide bonds. The van der Waals surface area contributed by atoms with E-state index in [-0.39, 0.29) is 0 Å². The molecule has 6 nitrogen and oxygen atoms in total. The Labute approximate surface area is 87.7 Å². The van der Waals surface area contributed by atoms with Crippen LogP contribution in [0, 0.1) is 0 Å². The number of hydrogen-bond acceptors (Lipinski definition) is 6. The minimum absolute atomic E-state index is 0.413. The van der Waals surface area contributed by atoms with E-state index in [4.69, 9.17) is 10.3 Å². The summed E-state index contributed by atoms with van der Waals surface area (Å²) in [5, 5.41) is 0. The summed E-state index contributed by atoms with van der Waals surface area (Å²) in [6.07, 6.45) is 4.39. The Morgan fingerprint density at radius 2 is 2.21 bits per heavy atom. The molecule has 2 rings (SSSR count). The fourth-order valence-electron chi connectivity index (χ4n) is 0.960. The van der Waals surface area contributed by atoms with E-state index < -0.39 is 0 Å². The Bertz CT molecular complexity index is 430. The van der Waals surface area contributed by atoms with Crippen molar-refractivity contribution >= 4 is 21.7 Å². The predicted molar refractivity (Wildman–Crippen MR) is 53.0 cm³/mol. The molecular formula is C7H6BrN5O. The van der Waals surface area contributed by atoms with Crippen molar-refractivity contribution in [2.45, 2.75) is 0 Å². The average molecular weight is 256 g/mol. The molecule has 0 spiro atoms. The van der Waals surface area contributed by atoms with Crippen LogP contribution in [0.4, 0.5) is 5.82 Å². The lowest BCUT2D eigenvalue weighted by molar-refractivity contribution is 0.571. The van der Waals surface area contributed by atoms with Crippen molar-refractivity contribution in [1.82, 2.24) is 15.0 Å². The largest absolute Gasteiger partial charge is 0.443 e. The molecule has 2 aromatic rings. The normalized spacial score (nSPS) is 10.1. The molecule has 7 heteroatoms. The summed E-state index contributed by atoms with van der Waals surface area (Å²) in [4.78, 5) is 11.9. The molecule has 0 aliphatic heterocycles. The number of hydrazine groups is 1. The summed E-state index contributed by atoms with van der Waals surface area (Å²) in [6, 6.07) is 0. The molecule has 0 fully saturated rings. The van der Waals surface area contributed by atoms with Crippen molar-refractivity contribution in [3.63, 3.8) is 0 Å². The third-order valence-electron chi connectivity index (χ3n) is 1.56. The molecule has 0 saturated heterocycles. The summed E-state index contributed by atoms with van der Waals surface area (Å²) < 4.78 is 5.72. The summed E-state index contributed by atoms with van der Waals surface area (Å²) in [5.41, 5.74) is 2.98. The predicted octanol–water partition coefficient (Wildman–Crippen LogP) is 1.18. The van der Waals surface area contributed by atoms with E-state index >= 15 is 0 Å². The van der Waals surface area contributed by atoms with Crippen molar-refractivity contribution < 1.29 is 4.42 Å². The van der Waals surface area contributed by atoms with Crippen LogP contribution in [0.3, 0.4) is 0 Å². The number of anilines is 1. The topological polar surface area (TPSA) is 89.9 Å². The third-order valence-corrected chi connectivity index (χ3v) is 2.31. The fraction of sp³-hybridized carbons (Fsp3) is 0. The van der Waals surface area contributed by atoms with Crippen LogP contribution < -0.4 is 11.3 Å². The van der Waals surface area contributed by atoms with Crippen molar-refractivity contribution in [3.8, 4) is 11.6 Å². The van der Waals surface area contributed by atoms with Crippen LogP contribution in [0.1, 0.15) is 0 Å². The lowest BCUT2D eigenvalue weighted by Crippen LogP contribution is -2.09. The van der Waals surface area contributed by atoms with Crippen LogP contribution >= 0.6 is 15.9 Å². The van der Waals surface area contributed by atoms with Crippen molar-refractivity contribution in [1.29, 1.82) is 0 Å². The van der Waals surface area contributed by atoms with E-state index in [9.17, 15) is 0 Å².